The second kappa shape index (κ2) is 7.38. The molecule has 1 aromatic carbocycles. The van der Waals surface area contributed by atoms with E-state index >= 15 is 0 Å². The number of hydrogen-bond donors (Lipinski definition) is 2. The van der Waals surface area contributed by atoms with Gasteiger partial charge in [0.1, 0.15) is 5.76 Å². The minimum Gasteiger partial charge on any atom is -0.467 e. The van der Waals surface area contributed by atoms with E-state index in [1.54, 1.807) is 6.26 Å². The molecule has 4 nitrogen and oxygen atoms in total. The molecule has 2 rings (SSSR count). The van der Waals surface area contributed by atoms with E-state index in [1.807, 2.05) is 30.3 Å². The zero-order valence-electron chi connectivity index (χ0n) is 11.7. The molecule has 0 bridgehead atoms. The fraction of sp³-hybridized carbons (Fsp3) is 0.312. The number of rotatable bonds is 7. The first-order valence-electron chi connectivity index (χ1n) is 6.90. The summed E-state index contributed by atoms with van der Waals surface area (Å²) in [5.74, 6) is 0.783. The van der Waals surface area contributed by atoms with Gasteiger partial charge in [0.2, 0.25) is 5.91 Å². The van der Waals surface area contributed by atoms with Gasteiger partial charge in [-0.15, -0.1) is 0 Å². The molecule has 2 N–H and O–H groups in total. The van der Waals surface area contributed by atoms with E-state index in [-0.39, 0.29) is 5.91 Å². The molecule has 0 saturated carbocycles. The van der Waals surface area contributed by atoms with Crippen LogP contribution < -0.4 is 10.6 Å². The first kappa shape index (κ1) is 14.2. The first-order valence-corrected chi connectivity index (χ1v) is 6.90. The normalized spacial score (nSPS) is 10.2. The van der Waals surface area contributed by atoms with E-state index in [1.165, 1.54) is 5.56 Å². The zero-order chi connectivity index (χ0) is 14.2. The predicted octanol–water partition coefficient (Wildman–Crippen LogP) is 2.96. The third-order valence-electron chi connectivity index (χ3n) is 3.11. The van der Waals surface area contributed by atoms with E-state index in [2.05, 4.69) is 23.6 Å². The maximum Gasteiger partial charge on any atom is 0.222 e. The summed E-state index contributed by atoms with van der Waals surface area (Å²) < 4.78 is 5.16. The number of benzene rings is 1. The Morgan fingerprint density at radius 2 is 2.05 bits per heavy atom. The SMILES string of the molecule is CCc1ccccc1NCCC(=O)NCc1ccco1. The highest BCUT2D eigenvalue weighted by Gasteiger charge is 2.03. The monoisotopic (exact) mass is 272 g/mol. The van der Waals surface area contributed by atoms with Crippen LogP contribution in [0.1, 0.15) is 24.7 Å². The average molecular weight is 272 g/mol. The summed E-state index contributed by atoms with van der Waals surface area (Å²) in [5, 5.41) is 6.13. The number of furan rings is 1. The maximum atomic E-state index is 11.7. The third-order valence-corrected chi connectivity index (χ3v) is 3.11. The molecule has 0 radical (unpaired) electrons. The molecular formula is C16H20N2O2. The third kappa shape index (κ3) is 4.16. The number of anilines is 1. The Balaban J connectivity index is 1.71. The lowest BCUT2D eigenvalue weighted by atomic mass is 10.1. The van der Waals surface area contributed by atoms with Gasteiger partial charge in [-0.3, -0.25) is 4.79 Å². The second-order valence-electron chi connectivity index (χ2n) is 4.54. The van der Waals surface area contributed by atoms with E-state index in [0.29, 0.717) is 19.5 Å². The zero-order valence-corrected chi connectivity index (χ0v) is 11.7. The summed E-state index contributed by atoms with van der Waals surface area (Å²) >= 11 is 0. The molecule has 0 aliphatic heterocycles. The van der Waals surface area contributed by atoms with Crippen molar-refractivity contribution >= 4 is 11.6 Å². The number of hydrogen-bond acceptors (Lipinski definition) is 3. The Kier molecular flexibility index (Phi) is 5.24. The highest BCUT2D eigenvalue weighted by atomic mass is 16.3. The van der Waals surface area contributed by atoms with Crippen molar-refractivity contribution < 1.29 is 9.21 Å². The maximum absolute atomic E-state index is 11.7. The van der Waals surface area contributed by atoms with Gasteiger partial charge in [-0.25, -0.2) is 0 Å². The van der Waals surface area contributed by atoms with Gasteiger partial charge in [0.05, 0.1) is 12.8 Å². The van der Waals surface area contributed by atoms with Crippen molar-refractivity contribution in [3.05, 3.63) is 54.0 Å². The topological polar surface area (TPSA) is 54.3 Å². The van der Waals surface area contributed by atoms with Gasteiger partial charge in [0, 0.05) is 18.7 Å². The van der Waals surface area contributed by atoms with E-state index in [9.17, 15) is 4.79 Å². The number of nitrogens with one attached hydrogen (secondary N) is 2. The Bertz CT molecular complexity index is 535. The molecule has 4 heteroatoms. The predicted molar refractivity (Wildman–Crippen MR) is 79.5 cm³/mol. The van der Waals surface area contributed by atoms with Crippen LogP contribution in [0.4, 0.5) is 5.69 Å². The quantitative estimate of drug-likeness (QED) is 0.814. The van der Waals surface area contributed by atoms with Gasteiger partial charge in [-0.1, -0.05) is 25.1 Å². The molecule has 0 unspecified atom stereocenters. The highest BCUT2D eigenvalue weighted by molar-refractivity contribution is 5.76. The lowest BCUT2D eigenvalue weighted by molar-refractivity contribution is -0.121. The minimum absolute atomic E-state index is 0.0166. The van der Waals surface area contributed by atoms with Crippen LogP contribution >= 0.6 is 0 Å². The van der Waals surface area contributed by atoms with E-state index < -0.39 is 0 Å². The average Bonchev–Trinajstić information content (AvgIpc) is 2.99. The second-order valence-corrected chi connectivity index (χ2v) is 4.54. The fourth-order valence-electron chi connectivity index (χ4n) is 2.00. The first-order chi connectivity index (χ1) is 9.79. The Morgan fingerprint density at radius 1 is 1.20 bits per heavy atom. The molecule has 0 aliphatic rings. The van der Waals surface area contributed by atoms with Crippen molar-refractivity contribution in [2.75, 3.05) is 11.9 Å². The Morgan fingerprint density at radius 3 is 2.80 bits per heavy atom. The molecule has 2 aromatic rings. The van der Waals surface area contributed by atoms with Gasteiger partial charge in [0.25, 0.3) is 0 Å². The molecule has 0 atom stereocenters. The van der Waals surface area contributed by atoms with Crippen molar-refractivity contribution in [3.63, 3.8) is 0 Å². The summed E-state index contributed by atoms with van der Waals surface area (Å²) in [6, 6.07) is 11.8. The van der Waals surface area contributed by atoms with Gasteiger partial charge < -0.3 is 15.1 Å². The van der Waals surface area contributed by atoms with Gasteiger partial charge >= 0.3 is 0 Å². The van der Waals surface area contributed by atoms with Crippen molar-refractivity contribution in [3.8, 4) is 0 Å². The number of carbonyl (C=O) groups is 1. The van der Waals surface area contributed by atoms with Crippen molar-refractivity contribution in [1.29, 1.82) is 0 Å². The largest absolute Gasteiger partial charge is 0.467 e. The summed E-state index contributed by atoms with van der Waals surface area (Å²) in [5.41, 5.74) is 2.37. The van der Waals surface area contributed by atoms with Gasteiger partial charge in [0.15, 0.2) is 0 Å². The lowest BCUT2D eigenvalue weighted by Gasteiger charge is -2.10. The number of amides is 1. The van der Waals surface area contributed by atoms with Crippen LogP contribution in [0.25, 0.3) is 0 Å². The van der Waals surface area contributed by atoms with Crippen molar-refractivity contribution in [2.24, 2.45) is 0 Å². The fourth-order valence-corrected chi connectivity index (χ4v) is 2.00. The van der Waals surface area contributed by atoms with Crippen molar-refractivity contribution in [2.45, 2.75) is 26.3 Å². The molecule has 1 aromatic heterocycles. The van der Waals surface area contributed by atoms with Crippen LogP contribution in [0, 0.1) is 0 Å². The molecule has 1 heterocycles. The molecule has 20 heavy (non-hydrogen) atoms. The Labute approximate surface area is 119 Å². The van der Waals surface area contributed by atoms with Crippen LogP contribution in [0.15, 0.2) is 47.1 Å². The van der Waals surface area contributed by atoms with Crippen LogP contribution in [0.3, 0.4) is 0 Å². The van der Waals surface area contributed by atoms with E-state index in [0.717, 1.165) is 17.9 Å². The standard InChI is InChI=1S/C16H20N2O2/c1-2-13-6-3-4-8-15(13)17-10-9-16(19)18-12-14-7-5-11-20-14/h3-8,11,17H,2,9-10,12H2,1H3,(H,18,19). The Hall–Kier alpha value is -2.23. The lowest BCUT2D eigenvalue weighted by Crippen LogP contribution is -2.24. The molecule has 1 amide bonds. The molecule has 0 aliphatic carbocycles. The summed E-state index contributed by atoms with van der Waals surface area (Å²) in [6.45, 7) is 3.19. The molecule has 0 saturated heterocycles. The van der Waals surface area contributed by atoms with E-state index in [4.69, 9.17) is 4.42 Å². The van der Waals surface area contributed by atoms with Crippen LogP contribution in [-0.4, -0.2) is 12.5 Å². The summed E-state index contributed by atoms with van der Waals surface area (Å²) in [6.07, 6.45) is 3.03. The van der Waals surface area contributed by atoms with Crippen molar-refractivity contribution in [1.82, 2.24) is 5.32 Å². The molecule has 0 spiro atoms. The summed E-state index contributed by atoms with van der Waals surface area (Å²) in [4.78, 5) is 11.7. The number of carbonyl (C=O) groups excluding carboxylic acids is 1. The minimum atomic E-state index is 0.0166. The molecular weight excluding hydrogens is 252 g/mol. The molecule has 0 fully saturated rings. The number of para-hydroxylation sites is 1. The highest BCUT2D eigenvalue weighted by Crippen LogP contribution is 2.15. The van der Waals surface area contributed by atoms with Crippen LogP contribution in [0.2, 0.25) is 0 Å². The van der Waals surface area contributed by atoms with Gasteiger partial charge in [-0.05, 0) is 30.2 Å². The van der Waals surface area contributed by atoms with Crippen LogP contribution in [-0.2, 0) is 17.8 Å². The molecule has 106 valence electrons. The van der Waals surface area contributed by atoms with Gasteiger partial charge in [-0.2, -0.15) is 0 Å². The number of aryl methyl sites for hydroxylation is 1. The summed E-state index contributed by atoms with van der Waals surface area (Å²) in [7, 11) is 0. The smallest absolute Gasteiger partial charge is 0.222 e. The van der Waals surface area contributed by atoms with Crippen LogP contribution in [0.5, 0.6) is 0 Å².